The highest BCUT2D eigenvalue weighted by Crippen LogP contribution is 2.24. The number of sulfonamides is 1. The van der Waals surface area contributed by atoms with E-state index in [-0.39, 0.29) is 15.1 Å². The summed E-state index contributed by atoms with van der Waals surface area (Å²) in [7, 11) is -3.77. The molecule has 0 atom stereocenters. The van der Waals surface area contributed by atoms with Crippen molar-refractivity contribution >= 4 is 38.9 Å². The second-order valence-electron chi connectivity index (χ2n) is 3.69. The van der Waals surface area contributed by atoms with Crippen LogP contribution in [-0.2, 0) is 10.0 Å². The van der Waals surface area contributed by atoms with E-state index in [9.17, 15) is 8.42 Å². The SMILES string of the molecule is Cc1ncccc1NS(=O)(=O)c1cnc(Cl)c(Cl)c1. The molecule has 0 aliphatic carbocycles. The van der Waals surface area contributed by atoms with Crippen LogP contribution in [0.4, 0.5) is 5.69 Å². The summed E-state index contributed by atoms with van der Waals surface area (Å²) in [5.41, 5.74) is 0.965. The van der Waals surface area contributed by atoms with E-state index in [2.05, 4.69) is 14.7 Å². The first kappa shape index (κ1) is 14.0. The molecule has 1 N–H and O–H groups in total. The van der Waals surface area contributed by atoms with Gasteiger partial charge in [-0.3, -0.25) is 9.71 Å². The molecule has 19 heavy (non-hydrogen) atoms. The summed E-state index contributed by atoms with van der Waals surface area (Å²) in [6.45, 7) is 1.70. The predicted octanol–water partition coefficient (Wildman–Crippen LogP) is 2.89. The van der Waals surface area contributed by atoms with Gasteiger partial charge < -0.3 is 0 Å². The molecule has 0 bridgehead atoms. The van der Waals surface area contributed by atoms with Gasteiger partial charge in [-0.1, -0.05) is 23.2 Å². The van der Waals surface area contributed by atoms with Crippen LogP contribution < -0.4 is 4.72 Å². The maximum atomic E-state index is 12.1. The highest BCUT2D eigenvalue weighted by molar-refractivity contribution is 7.92. The summed E-state index contributed by atoms with van der Waals surface area (Å²) in [5, 5.41) is 0.130. The lowest BCUT2D eigenvalue weighted by molar-refractivity contribution is 0.600. The molecule has 0 spiro atoms. The molecule has 0 saturated carbocycles. The minimum atomic E-state index is -3.77. The van der Waals surface area contributed by atoms with Crippen molar-refractivity contribution in [2.75, 3.05) is 4.72 Å². The van der Waals surface area contributed by atoms with Crippen LogP contribution in [0.5, 0.6) is 0 Å². The van der Waals surface area contributed by atoms with Gasteiger partial charge in [-0.05, 0) is 25.1 Å². The zero-order valence-electron chi connectivity index (χ0n) is 9.76. The summed E-state index contributed by atoms with van der Waals surface area (Å²) in [4.78, 5) is 7.64. The third kappa shape index (κ3) is 3.15. The zero-order chi connectivity index (χ0) is 14.0. The fourth-order valence-corrected chi connectivity index (χ4v) is 2.77. The first-order valence-electron chi connectivity index (χ1n) is 5.15. The third-order valence-corrected chi connectivity index (χ3v) is 4.35. The Hall–Kier alpha value is -1.37. The Kier molecular flexibility index (Phi) is 3.93. The third-order valence-electron chi connectivity index (χ3n) is 2.33. The highest BCUT2D eigenvalue weighted by atomic mass is 35.5. The molecule has 0 aliphatic heterocycles. The maximum absolute atomic E-state index is 12.1. The van der Waals surface area contributed by atoms with Crippen molar-refractivity contribution in [3.8, 4) is 0 Å². The van der Waals surface area contributed by atoms with Crippen LogP contribution in [0.15, 0.2) is 35.5 Å². The van der Waals surface area contributed by atoms with Gasteiger partial charge in [0.05, 0.1) is 16.4 Å². The van der Waals surface area contributed by atoms with Crippen LogP contribution in [0.1, 0.15) is 5.69 Å². The van der Waals surface area contributed by atoms with Gasteiger partial charge >= 0.3 is 0 Å². The van der Waals surface area contributed by atoms with E-state index in [1.54, 1.807) is 25.3 Å². The molecule has 2 aromatic rings. The Labute approximate surface area is 120 Å². The normalized spacial score (nSPS) is 11.3. The standard InChI is InChI=1S/C11H9Cl2N3O2S/c1-7-10(3-2-4-14-7)16-19(17,18)8-5-9(12)11(13)15-6-8/h2-6,16H,1H3. The molecule has 0 amide bonds. The Morgan fingerprint density at radius 1 is 1.26 bits per heavy atom. The van der Waals surface area contributed by atoms with Crippen molar-refractivity contribution in [2.45, 2.75) is 11.8 Å². The number of anilines is 1. The van der Waals surface area contributed by atoms with Crippen molar-refractivity contribution in [2.24, 2.45) is 0 Å². The number of rotatable bonds is 3. The molecule has 2 rings (SSSR count). The van der Waals surface area contributed by atoms with Crippen molar-refractivity contribution < 1.29 is 8.42 Å². The molecule has 0 aromatic carbocycles. The Bertz CT molecular complexity index is 720. The average molecular weight is 318 g/mol. The van der Waals surface area contributed by atoms with Gasteiger partial charge in [0.25, 0.3) is 10.0 Å². The number of nitrogens with zero attached hydrogens (tertiary/aromatic N) is 2. The van der Waals surface area contributed by atoms with Gasteiger partial charge in [0, 0.05) is 12.4 Å². The summed E-state index contributed by atoms with van der Waals surface area (Å²) in [5.74, 6) is 0. The molecule has 2 heterocycles. The van der Waals surface area contributed by atoms with Gasteiger partial charge in [0.1, 0.15) is 10.0 Å². The molecule has 100 valence electrons. The van der Waals surface area contributed by atoms with Gasteiger partial charge in [-0.2, -0.15) is 0 Å². The second-order valence-corrected chi connectivity index (χ2v) is 6.13. The molecule has 0 saturated heterocycles. The van der Waals surface area contributed by atoms with Crippen LogP contribution in [0.3, 0.4) is 0 Å². The number of pyridine rings is 2. The van der Waals surface area contributed by atoms with Crippen molar-refractivity contribution in [3.05, 3.63) is 46.5 Å². The summed E-state index contributed by atoms with van der Waals surface area (Å²) in [6, 6.07) is 4.49. The van der Waals surface area contributed by atoms with E-state index in [1.807, 2.05) is 0 Å². The molecule has 0 aliphatic rings. The summed E-state index contributed by atoms with van der Waals surface area (Å²) < 4.78 is 26.7. The minimum Gasteiger partial charge on any atom is -0.278 e. The quantitative estimate of drug-likeness (QED) is 0.883. The van der Waals surface area contributed by atoms with E-state index >= 15 is 0 Å². The van der Waals surface area contributed by atoms with Crippen LogP contribution in [-0.4, -0.2) is 18.4 Å². The van der Waals surface area contributed by atoms with Gasteiger partial charge in [0.15, 0.2) is 0 Å². The molecule has 0 fully saturated rings. The van der Waals surface area contributed by atoms with Crippen LogP contribution in [0, 0.1) is 6.92 Å². The fourth-order valence-electron chi connectivity index (χ4n) is 1.35. The number of aromatic nitrogens is 2. The molecule has 0 radical (unpaired) electrons. The maximum Gasteiger partial charge on any atom is 0.263 e. The number of hydrogen-bond donors (Lipinski definition) is 1. The van der Waals surface area contributed by atoms with Crippen LogP contribution in [0.25, 0.3) is 0 Å². The Balaban J connectivity index is 2.38. The molecule has 8 heteroatoms. The largest absolute Gasteiger partial charge is 0.278 e. The van der Waals surface area contributed by atoms with E-state index in [0.717, 1.165) is 6.20 Å². The molecule has 0 unspecified atom stereocenters. The van der Waals surface area contributed by atoms with E-state index < -0.39 is 10.0 Å². The number of halogens is 2. The van der Waals surface area contributed by atoms with E-state index in [0.29, 0.717) is 11.4 Å². The van der Waals surface area contributed by atoms with Crippen LogP contribution in [0.2, 0.25) is 10.2 Å². The summed E-state index contributed by atoms with van der Waals surface area (Å²) in [6.07, 6.45) is 2.72. The molecular weight excluding hydrogens is 309 g/mol. The minimum absolute atomic E-state index is 0.0539. The topological polar surface area (TPSA) is 72.0 Å². The lowest BCUT2D eigenvalue weighted by Gasteiger charge is -2.09. The number of aryl methyl sites for hydroxylation is 1. The van der Waals surface area contributed by atoms with Gasteiger partial charge in [-0.25, -0.2) is 13.4 Å². The lowest BCUT2D eigenvalue weighted by atomic mass is 10.3. The molecule has 5 nitrogen and oxygen atoms in total. The van der Waals surface area contributed by atoms with Gasteiger partial charge in [0.2, 0.25) is 0 Å². The number of hydrogen-bond acceptors (Lipinski definition) is 4. The van der Waals surface area contributed by atoms with Gasteiger partial charge in [-0.15, -0.1) is 0 Å². The van der Waals surface area contributed by atoms with E-state index in [1.165, 1.54) is 6.07 Å². The average Bonchev–Trinajstić information content (AvgIpc) is 2.35. The fraction of sp³-hybridized carbons (Fsp3) is 0.0909. The summed E-state index contributed by atoms with van der Waals surface area (Å²) >= 11 is 11.4. The van der Waals surface area contributed by atoms with E-state index in [4.69, 9.17) is 23.2 Å². The Morgan fingerprint density at radius 2 is 2.00 bits per heavy atom. The lowest BCUT2D eigenvalue weighted by Crippen LogP contribution is -2.14. The molecule has 2 aromatic heterocycles. The smallest absolute Gasteiger partial charge is 0.263 e. The predicted molar refractivity (Wildman–Crippen MR) is 74.0 cm³/mol. The van der Waals surface area contributed by atoms with Crippen molar-refractivity contribution in [3.63, 3.8) is 0 Å². The number of nitrogens with one attached hydrogen (secondary N) is 1. The second kappa shape index (κ2) is 5.32. The van der Waals surface area contributed by atoms with Crippen molar-refractivity contribution in [1.29, 1.82) is 0 Å². The van der Waals surface area contributed by atoms with Crippen molar-refractivity contribution in [1.82, 2.24) is 9.97 Å². The Morgan fingerprint density at radius 3 is 2.63 bits per heavy atom. The zero-order valence-corrected chi connectivity index (χ0v) is 12.1. The molecular formula is C11H9Cl2N3O2S. The van der Waals surface area contributed by atoms with Crippen LogP contribution >= 0.6 is 23.2 Å². The monoisotopic (exact) mass is 317 g/mol. The first-order chi connectivity index (χ1) is 8.90. The highest BCUT2D eigenvalue weighted by Gasteiger charge is 2.17. The first-order valence-corrected chi connectivity index (χ1v) is 7.39.